The van der Waals surface area contributed by atoms with E-state index in [4.69, 9.17) is 4.74 Å². The fraction of sp³-hybridized carbons (Fsp3) is 0.467. The third kappa shape index (κ3) is 3.34. The summed E-state index contributed by atoms with van der Waals surface area (Å²) in [7, 11) is 0. The molecule has 1 saturated heterocycles. The average Bonchev–Trinajstić information content (AvgIpc) is 2.42. The van der Waals surface area contributed by atoms with Crippen LogP contribution in [-0.2, 0) is 16.1 Å². The monoisotopic (exact) mass is 261 g/mol. The van der Waals surface area contributed by atoms with Crippen molar-refractivity contribution in [2.45, 2.75) is 20.5 Å². The van der Waals surface area contributed by atoms with E-state index in [1.54, 1.807) is 4.90 Å². The topological polar surface area (TPSA) is 46.6 Å². The Morgan fingerprint density at radius 1 is 1.21 bits per heavy atom. The summed E-state index contributed by atoms with van der Waals surface area (Å²) < 4.78 is 5.28. The lowest BCUT2D eigenvalue weighted by Gasteiger charge is -2.33. The zero-order chi connectivity index (χ0) is 13.8. The zero-order valence-corrected chi connectivity index (χ0v) is 11.3. The molecular weight excluding hydrogens is 242 g/mol. The first-order valence-electron chi connectivity index (χ1n) is 6.57. The van der Waals surface area contributed by atoms with Crippen LogP contribution in [0.2, 0.25) is 0 Å². The number of hydrogen-bond acceptors (Lipinski definition) is 3. The quantitative estimate of drug-likeness (QED) is 0.821. The molecule has 2 atom stereocenters. The largest absolute Gasteiger partial charge is 0.445 e. The van der Waals surface area contributed by atoms with E-state index in [-0.39, 0.29) is 30.3 Å². The Balaban J connectivity index is 1.88. The van der Waals surface area contributed by atoms with Crippen LogP contribution in [0.4, 0.5) is 4.79 Å². The maximum atomic E-state index is 12.0. The van der Waals surface area contributed by atoms with Crippen molar-refractivity contribution in [1.82, 2.24) is 4.90 Å². The van der Waals surface area contributed by atoms with E-state index in [2.05, 4.69) is 0 Å². The van der Waals surface area contributed by atoms with Crippen LogP contribution in [0.15, 0.2) is 30.3 Å². The smallest absolute Gasteiger partial charge is 0.410 e. The van der Waals surface area contributed by atoms with E-state index in [0.29, 0.717) is 13.1 Å². The minimum Gasteiger partial charge on any atom is -0.445 e. The van der Waals surface area contributed by atoms with E-state index in [0.717, 1.165) is 5.56 Å². The van der Waals surface area contributed by atoms with Crippen LogP contribution in [0.25, 0.3) is 0 Å². The molecule has 1 heterocycles. The van der Waals surface area contributed by atoms with Gasteiger partial charge < -0.3 is 9.64 Å². The molecule has 0 radical (unpaired) electrons. The summed E-state index contributed by atoms with van der Waals surface area (Å²) >= 11 is 0. The molecule has 1 fully saturated rings. The number of amides is 1. The summed E-state index contributed by atoms with van der Waals surface area (Å²) in [5.74, 6) is 0.0214. The number of rotatable bonds is 2. The van der Waals surface area contributed by atoms with Crippen LogP contribution < -0.4 is 0 Å². The van der Waals surface area contributed by atoms with Crippen molar-refractivity contribution in [3.63, 3.8) is 0 Å². The van der Waals surface area contributed by atoms with Crippen LogP contribution >= 0.6 is 0 Å². The number of carbonyl (C=O) groups excluding carboxylic acids is 2. The number of likely N-dealkylation sites (tertiary alicyclic amines) is 1. The lowest BCUT2D eigenvalue weighted by Crippen LogP contribution is -2.47. The molecule has 1 aromatic rings. The van der Waals surface area contributed by atoms with Gasteiger partial charge >= 0.3 is 6.09 Å². The molecule has 1 amide bonds. The first-order chi connectivity index (χ1) is 9.08. The molecule has 19 heavy (non-hydrogen) atoms. The van der Waals surface area contributed by atoms with E-state index in [9.17, 15) is 9.59 Å². The molecule has 2 rings (SSSR count). The Labute approximate surface area is 113 Å². The fourth-order valence-corrected chi connectivity index (χ4v) is 2.36. The van der Waals surface area contributed by atoms with Crippen molar-refractivity contribution < 1.29 is 14.3 Å². The van der Waals surface area contributed by atoms with E-state index in [1.807, 2.05) is 44.2 Å². The summed E-state index contributed by atoms with van der Waals surface area (Å²) in [6.45, 7) is 4.89. The molecule has 1 aliphatic rings. The van der Waals surface area contributed by atoms with Gasteiger partial charge in [-0.1, -0.05) is 44.2 Å². The number of ether oxygens (including phenoxy) is 1. The van der Waals surface area contributed by atoms with E-state index < -0.39 is 0 Å². The van der Waals surface area contributed by atoms with Gasteiger partial charge in [-0.3, -0.25) is 4.79 Å². The molecule has 102 valence electrons. The molecule has 0 spiro atoms. The number of carbonyl (C=O) groups is 2. The first kappa shape index (κ1) is 13.6. The Bertz CT molecular complexity index is 444. The van der Waals surface area contributed by atoms with Crippen molar-refractivity contribution in [2.24, 2.45) is 11.8 Å². The lowest BCUT2D eigenvalue weighted by molar-refractivity contribution is -0.129. The third-order valence-corrected chi connectivity index (χ3v) is 3.42. The van der Waals surface area contributed by atoms with Crippen molar-refractivity contribution in [3.05, 3.63) is 35.9 Å². The van der Waals surface area contributed by atoms with Crippen molar-refractivity contribution >= 4 is 11.9 Å². The number of nitrogens with zero attached hydrogens (tertiary/aromatic N) is 1. The summed E-state index contributed by atoms with van der Waals surface area (Å²) in [4.78, 5) is 25.3. The summed E-state index contributed by atoms with van der Waals surface area (Å²) in [5, 5.41) is 0. The van der Waals surface area contributed by atoms with E-state index >= 15 is 0 Å². The van der Waals surface area contributed by atoms with Crippen molar-refractivity contribution in [1.29, 1.82) is 0 Å². The predicted octanol–water partition coefficient (Wildman–Crippen LogP) is 2.48. The fourth-order valence-electron chi connectivity index (χ4n) is 2.36. The SMILES string of the molecule is C[C@@H]1CN(C(=O)OCc2ccccc2)C[C@H](C)C1=O. The van der Waals surface area contributed by atoms with Gasteiger partial charge in [0, 0.05) is 24.9 Å². The number of hydrogen-bond donors (Lipinski definition) is 0. The van der Waals surface area contributed by atoms with E-state index in [1.165, 1.54) is 0 Å². The first-order valence-corrected chi connectivity index (χ1v) is 6.57. The van der Waals surface area contributed by atoms with Gasteiger partial charge in [0.05, 0.1) is 0 Å². The minimum absolute atomic E-state index is 0.104. The maximum Gasteiger partial charge on any atom is 0.410 e. The second-order valence-electron chi connectivity index (χ2n) is 5.15. The van der Waals surface area contributed by atoms with Gasteiger partial charge in [-0.05, 0) is 5.56 Å². The summed E-state index contributed by atoms with van der Waals surface area (Å²) in [6, 6.07) is 9.57. The number of ketones is 1. The molecular formula is C15H19NO3. The highest BCUT2D eigenvalue weighted by Gasteiger charge is 2.32. The molecule has 1 aromatic carbocycles. The van der Waals surface area contributed by atoms with Gasteiger partial charge in [0.25, 0.3) is 0 Å². The number of piperidine rings is 1. The second kappa shape index (κ2) is 5.87. The summed E-state index contributed by atoms with van der Waals surface area (Å²) in [5.41, 5.74) is 0.963. The average molecular weight is 261 g/mol. The highest BCUT2D eigenvalue weighted by Crippen LogP contribution is 2.18. The van der Waals surface area contributed by atoms with Crippen molar-refractivity contribution in [3.8, 4) is 0 Å². The lowest BCUT2D eigenvalue weighted by atomic mass is 9.90. The molecule has 4 nitrogen and oxygen atoms in total. The Kier molecular flexibility index (Phi) is 4.20. The molecule has 0 unspecified atom stereocenters. The zero-order valence-electron chi connectivity index (χ0n) is 11.3. The number of benzene rings is 1. The van der Waals surface area contributed by atoms with Crippen LogP contribution in [0.3, 0.4) is 0 Å². The highest BCUT2D eigenvalue weighted by atomic mass is 16.6. The maximum absolute atomic E-state index is 12.0. The van der Waals surface area contributed by atoms with Gasteiger partial charge in [0.15, 0.2) is 0 Å². The highest BCUT2D eigenvalue weighted by molar-refractivity contribution is 5.85. The predicted molar refractivity (Wildman–Crippen MR) is 71.5 cm³/mol. The molecule has 0 aliphatic carbocycles. The van der Waals surface area contributed by atoms with Crippen LogP contribution in [-0.4, -0.2) is 29.9 Å². The molecule has 1 aliphatic heterocycles. The second-order valence-corrected chi connectivity index (χ2v) is 5.15. The van der Waals surface area contributed by atoms with Gasteiger partial charge in [0.2, 0.25) is 0 Å². The number of Topliss-reactive ketones (excluding diaryl/α,β-unsaturated/α-hetero) is 1. The van der Waals surface area contributed by atoms with Gasteiger partial charge in [-0.15, -0.1) is 0 Å². The minimum atomic E-state index is -0.338. The van der Waals surface area contributed by atoms with Gasteiger partial charge in [0.1, 0.15) is 12.4 Å². The standard InChI is InChI=1S/C15H19NO3/c1-11-8-16(9-12(2)14(11)17)15(18)19-10-13-6-4-3-5-7-13/h3-7,11-12H,8-10H2,1-2H3/t11-,12+. The Morgan fingerprint density at radius 3 is 2.37 bits per heavy atom. The normalized spacial score (nSPS) is 23.3. The molecule has 0 bridgehead atoms. The van der Waals surface area contributed by atoms with Gasteiger partial charge in [-0.2, -0.15) is 0 Å². The molecule has 0 aromatic heterocycles. The summed E-state index contributed by atoms with van der Waals surface area (Å²) in [6.07, 6.45) is -0.338. The molecule has 4 heteroatoms. The molecule has 0 N–H and O–H groups in total. The third-order valence-electron chi connectivity index (χ3n) is 3.42. The molecule has 0 saturated carbocycles. The van der Waals surface area contributed by atoms with Gasteiger partial charge in [-0.25, -0.2) is 4.79 Å². The Hall–Kier alpha value is -1.84. The van der Waals surface area contributed by atoms with Crippen LogP contribution in [0.5, 0.6) is 0 Å². The van der Waals surface area contributed by atoms with Crippen LogP contribution in [0.1, 0.15) is 19.4 Å². The van der Waals surface area contributed by atoms with Crippen molar-refractivity contribution in [2.75, 3.05) is 13.1 Å². The van der Waals surface area contributed by atoms with Crippen LogP contribution in [0, 0.1) is 11.8 Å². The Morgan fingerprint density at radius 2 is 1.79 bits per heavy atom.